The Morgan fingerprint density at radius 1 is 0.957 bits per heavy atom. The number of hydrogen-bond donors (Lipinski definition) is 1. The molecule has 0 fully saturated rings. The topological polar surface area (TPSA) is 30.7 Å². The number of nitrogens with one attached hydrogen (secondary N) is 1. The Bertz CT molecular complexity index is 545. The number of benzene rings is 2. The van der Waals surface area contributed by atoms with Crippen molar-refractivity contribution in [3.05, 3.63) is 84.4 Å². The molecule has 2 aromatic rings. The number of rotatable bonds is 8. The van der Waals surface area contributed by atoms with Gasteiger partial charge in [-0.15, -0.1) is 0 Å². The van der Waals surface area contributed by atoms with E-state index in [1.807, 2.05) is 36.4 Å². The van der Waals surface area contributed by atoms with Crippen LogP contribution in [0.2, 0.25) is 0 Å². The molecule has 0 aliphatic rings. The van der Waals surface area contributed by atoms with Gasteiger partial charge >= 0.3 is 5.97 Å². The maximum absolute atomic E-state index is 11.2. The second kappa shape index (κ2) is 10.6. The van der Waals surface area contributed by atoms with Crippen molar-refractivity contribution in [2.45, 2.75) is 13.1 Å². The highest BCUT2D eigenvalue weighted by Gasteiger charge is 2.11. The summed E-state index contributed by atoms with van der Waals surface area (Å²) in [6, 6.07) is 20.7. The van der Waals surface area contributed by atoms with Gasteiger partial charge in [0.1, 0.15) is 26.2 Å². The minimum Gasteiger partial charge on any atom is -1.00 e. The lowest BCUT2D eigenvalue weighted by molar-refractivity contribution is -0.927. The zero-order valence-corrected chi connectivity index (χ0v) is 13.8. The Labute approximate surface area is 144 Å². The molecule has 0 unspecified atom stereocenters. The van der Waals surface area contributed by atoms with Crippen molar-refractivity contribution in [2.75, 3.05) is 13.2 Å². The van der Waals surface area contributed by atoms with Gasteiger partial charge in [0, 0.05) is 17.2 Å². The fraction of sp³-hybridized carbons (Fsp3) is 0.211. The molecule has 23 heavy (non-hydrogen) atoms. The minimum atomic E-state index is -0.362. The van der Waals surface area contributed by atoms with E-state index < -0.39 is 0 Å². The third kappa shape index (κ3) is 7.13. The van der Waals surface area contributed by atoms with Crippen LogP contribution in [0.1, 0.15) is 11.1 Å². The van der Waals surface area contributed by atoms with Crippen molar-refractivity contribution in [3.8, 4) is 0 Å². The predicted octanol–water partition coefficient (Wildman–Crippen LogP) is -0.995. The van der Waals surface area contributed by atoms with Gasteiger partial charge in [-0.05, 0) is 0 Å². The molecule has 0 aliphatic carbocycles. The first kappa shape index (κ1) is 18.9. The zero-order valence-electron chi connectivity index (χ0n) is 13.1. The first-order valence-corrected chi connectivity index (χ1v) is 7.48. The summed E-state index contributed by atoms with van der Waals surface area (Å²) in [4.78, 5) is 12.5. The van der Waals surface area contributed by atoms with Crippen LogP contribution in [-0.2, 0) is 22.6 Å². The second-order valence-electron chi connectivity index (χ2n) is 5.20. The standard InChI is InChI=1S/C19H21NO2.ClH/c1-2-19(21)22-14-13-20(15-17-9-5-3-6-10-17)16-18-11-7-4-8-12-18;/h2-12H,1,13-16H2;1H. The van der Waals surface area contributed by atoms with Crippen molar-refractivity contribution in [3.63, 3.8) is 0 Å². The van der Waals surface area contributed by atoms with Gasteiger partial charge in [-0.1, -0.05) is 67.2 Å². The first-order valence-electron chi connectivity index (χ1n) is 7.48. The summed E-state index contributed by atoms with van der Waals surface area (Å²) < 4.78 is 5.12. The molecule has 4 heteroatoms. The minimum absolute atomic E-state index is 0. The van der Waals surface area contributed by atoms with Gasteiger partial charge in [0.25, 0.3) is 0 Å². The molecule has 0 spiro atoms. The zero-order chi connectivity index (χ0) is 15.6. The van der Waals surface area contributed by atoms with E-state index in [1.54, 1.807) is 0 Å². The molecular formula is C19H22ClNO2. The molecule has 0 saturated carbocycles. The highest BCUT2D eigenvalue weighted by atomic mass is 35.5. The molecule has 0 bridgehead atoms. The summed E-state index contributed by atoms with van der Waals surface area (Å²) in [7, 11) is 0. The molecule has 0 heterocycles. The van der Waals surface area contributed by atoms with E-state index in [-0.39, 0.29) is 18.4 Å². The van der Waals surface area contributed by atoms with E-state index in [2.05, 4.69) is 30.8 Å². The monoisotopic (exact) mass is 331 g/mol. The van der Waals surface area contributed by atoms with Gasteiger partial charge in [0.2, 0.25) is 0 Å². The Kier molecular flexibility index (Phi) is 8.73. The van der Waals surface area contributed by atoms with Crippen LogP contribution in [0, 0.1) is 0 Å². The van der Waals surface area contributed by atoms with Gasteiger partial charge in [-0.3, -0.25) is 0 Å². The number of quaternary nitrogens is 1. The maximum Gasteiger partial charge on any atom is 0.330 e. The fourth-order valence-corrected chi connectivity index (χ4v) is 2.36. The Morgan fingerprint density at radius 3 is 1.87 bits per heavy atom. The van der Waals surface area contributed by atoms with Crippen LogP contribution in [0.5, 0.6) is 0 Å². The van der Waals surface area contributed by atoms with Crippen LogP contribution < -0.4 is 17.3 Å². The Hall–Kier alpha value is -2.10. The van der Waals surface area contributed by atoms with Gasteiger partial charge in [-0.2, -0.15) is 0 Å². The molecule has 0 aromatic heterocycles. The van der Waals surface area contributed by atoms with E-state index in [1.165, 1.54) is 22.1 Å². The number of carbonyl (C=O) groups excluding carboxylic acids is 1. The van der Waals surface area contributed by atoms with Gasteiger partial charge < -0.3 is 22.0 Å². The second-order valence-corrected chi connectivity index (χ2v) is 5.20. The summed E-state index contributed by atoms with van der Waals surface area (Å²) in [5, 5.41) is 0. The number of halogens is 1. The summed E-state index contributed by atoms with van der Waals surface area (Å²) in [5.74, 6) is -0.362. The molecule has 0 saturated heterocycles. The van der Waals surface area contributed by atoms with Crippen LogP contribution in [-0.4, -0.2) is 19.1 Å². The Morgan fingerprint density at radius 2 is 1.43 bits per heavy atom. The normalized spacial score (nSPS) is 9.96. The van der Waals surface area contributed by atoms with Crippen molar-refractivity contribution in [2.24, 2.45) is 0 Å². The van der Waals surface area contributed by atoms with Crippen LogP contribution in [0.3, 0.4) is 0 Å². The quantitative estimate of drug-likeness (QED) is 0.497. The molecular weight excluding hydrogens is 310 g/mol. The lowest BCUT2D eigenvalue weighted by Crippen LogP contribution is -3.09. The van der Waals surface area contributed by atoms with Crippen molar-refractivity contribution in [1.82, 2.24) is 0 Å². The molecule has 0 aliphatic heterocycles. The Balaban J connectivity index is 0.00000264. The molecule has 0 radical (unpaired) electrons. The molecule has 3 nitrogen and oxygen atoms in total. The molecule has 2 rings (SSSR count). The highest BCUT2D eigenvalue weighted by Crippen LogP contribution is 1.98. The van der Waals surface area contributed by atoms with Gasteiger partial charge in [0.05, 0.1) is 0 Å². The molecule has 1 N–H and O–H groups in total. The van der Waals surface area contributed by atoms with E-state index in [0.29, 0.717) is 6.61 Å². The largest absolute Gasteiger partial charge is 1.00 e. The lowest BCUT2D eigenvalue weighted by atomic mass is 10.1. The van der Waals surface area contributed by atoms with Gasteiger partial charge in [-0.25, -0.2) is 4.79 Å². The fourth-order valence-electron chi connectivity index (χ4n) is 2.36. The maximum atomic E-state index is 11.2. The third-order valence-corrected chi connectivity index (χ3v) is 3.46. The molecule has 2 aromatic carbocycles. The first-order chi connectivity index (χ1) is 10.8. The van der Waals surface area contributed by atoms with E-state index in [9.17, 15) is 4.79 Å². The summed E-state index contributed by atoms with van der Waals surface area (Å²) in [6.45, 7) is 6.39. The van der Waals surface area contributed by atoms with E-state index in [0.717, 1.165) is 19.6 Å². The predicted molar refractivity (Wildman–Crippen MR) is 87.3 cm³/mol. The average Bonchev–Trinajstić information content (AvgIpc) is 2.56. The number of carbonyl (C=O) groups is 1. The third-order valence-electron chi connectivity index (χ3n) is 3.46. The van der Waals surface area contributed by atoms with Crippen molar-refractivity contribution < 1.29 is 26.8 Å². The lowest BCUT2D eigenvalue weighted by Gasteiger charge is -2.19. The molecule has 0 amide bonds. The SMILES string of the molecule is C=CC(=O)OCC[NH+](Cc1ccccc1)Cc1ccccc1.[Cl-]. The summed E-state index contributed by atoms with van der Waals surface area (Å²) in [5.41, 5.74) is 2.56. The van der Waals surface area contributed by atoms with E-state index in [4.69, 9.17) is 4.74 Å². The van der Waals surface area contributed by atoms with Crippen LogP contribution in [0.15, 0.2) is 73.3 Å². The van der Waals surface area contributed by atoms with Crippen LogP contribution >= 0.6 is 0 Å². The number of ether oxygens (including phenoxy) is 1. The number of esters is 1. The molecule has 0 atom stereocenters. The average molecular weight is 332 g/mol. The van der Waals surface area contributed by atoms with Gasteiger partial charge in [0.15, 0.2) is 0 Å². The summed E-state index contributed by atoms with van der Waals surface area (Å²) >= 11 is 0. The van der Waals surface area contributed by atoms with Crippen LogP contribution in [0.25, 0.3) is 0 Å². The molecule has 122 valence electrons. The van der Waals surface area contributed by atoms with E-state index >= 15 is 0 Å². The van der Waals surface area contributed by atoms with Crippen LogP contribution in [0.4, 0.5) is 0 Å². The summed E-state index contributed by atoms with van der Waals surface area (Å²) in [6.07, 6.45) is 1.20. The number of hydrogen-bond acceptors (Lipinski definition) is 2. The van der Waals surface area contributed by atoms with Crippen molar-refractivity contribution >= 4 is 5.97 Å². The smallest absolute Gasteiger partial charge is 0.330 e. The van der Waals surface area contributed by atoms with Crippen molar-refractivity contribution in [1.29, 1.82) is 0 Å². The highest BCUT2D eigenvalue weighted by molar-refractivity contribution is 5.81.